The van der Waals surface area contributed by atoms with Crippen molar-refractivity contribution in [3.05, 3.63) is 60.4 Å². The molecule has 0 aliphatic heterocycles. The Morgan fingerprint density at radius 3 is 2.45 bits per heavy atom. The maximum Gasteiger partial charge on any atom is 0.338 e. The third-order valence-electron chi connectivity index (χ3n) is 3.54. The van der Waals surface area contributed by atoms with E-state index in [1.165, 1.54) is 12.4 Å². The minimum atomic E-state index is -1.04. The molecule has 0 fully saturated rings. The highest BCUT2D eigenvalue weighted by atomic mass is 16.4. The van der Waals surface area contributed by atoms with Crippen molar-refractivity contribution in [1.29, 1.82) is 0 Å². The zero-order chi connectivity index (χ0) is 15.1. The van der Waals surface area contributed by atoms with Crippen LogP contribution in [0.3, 0.4) is 0 Å². The van der Waals surface area contributed by atoms with Gasteiger partial charge >= 0.3 is 5.97 Å². The van der Waals surface area contributed by atoms with Crippen molar-refractivity contribution in [2.24, 2.45) is 0 Å². The number of benzene rings is 2. The van der Waals surface area contributed by atoms with Crippen molar-refractivity contribution < 1.29 is 14.3 Å². The van der Waals surface area contributed by atoms with E-state index in [2.05, 4.69) is 9.97 Å². The number of carboxylic acids is 1. The number of carboxylic acid groups (broad SMARTS) is 1. The zero-order valence-corrected chi connectivity index (χ0v) is 11.4. The first-order valence-electron chi connectivity index (χ1n) is 6.69. The van der Waals surface area contributed by atoms with Gasteiger partial charge in [-0.3, -0.25) is 0 Å². The molecule has 2 aromatic heterocycles. The van der Waals surface area contributed by atoms with E-state index in [-0.39, 0.29) is 5.56 Å². The Kier molecular flexibility index (Phi) is 2.66. The highest BCUT2D eigenvalue weighted by molar-refractivity contribution is 6.05. The molecule has 0 spiro atoms. The van der Waals surface area contributed by atoms with E-state index in [1.807, 2.05) is 42.5 Å². The third kappa shape index (κ3) is 1.91. The summed E-state index contributed by atoms with van der Waals surface area (Å²) in [7, 11) is 0. The van der Waals surface area contributed by atoms with Crippen LogP contribution < -0.4 is 0 Å². The Morgan fingerprint density at radius 2 is 1.68 bits per heavy atom. The number of aromatic nitrogens is 2. The van der Waals surface area contributed by atoms with Crippen LogP contribution in [-0.2, 0) is 0 Å². The predicted octanol–water partition coefficient (Wildman–Crippen LogP) is 3.74. The average molecular weight is 290 g/mol. The van der Waals surface area contributed by atoms with E-state index in [4.69, 9.17) is 9.52 Å². The maximum absolute atomic E-state index is 10.8. The molecule has 1 N–H and O–H groups in total. The van der Waals surface area contributed by atoms with Gasteiger partial charge in [0.25, 0.3) is 0 Å². The van der Waals surface area contributed by atoms with Crippen LogP contribution in [0.4, 0.5) is 0 Å². The summed E-state index contributed by atoms with van der Waals surface area (Å²) in [6.07, 6.45) is 2.60. The van der Waals surface area contributed by atoms with Gasteiger partial charge in [-0.2, -0.15) is 0 Å². The minimum Gasteiger partial charge on any atom is -0.478 e. The van der Waals surface area contributed by atoms with Crippen molar-refractivity contribution >= 4 is 27.9 Å². The van der Waals surface area contributed by atoms with Crippen LogP contribution in [-0.4, -0.2) is 21.0 Å². The van der Waals surface area contributed by atoms with Crippen molar-refractivity contribution in [2.45, 2.75) is 0 Å². The Hall–Kier alpha value is -3.21. The molecule has 4 aromatic rings. The van der Waals surface area contributed by atoms with Gasteiger partial charge in [-0.05, 0) is 18.2 Å². The molecular weight excluding hydrogens is 280 g/mol. The molecule has 5 heteroatoms. The Morgan fingerprint density at radius 1 is 0.955 bits per heavy atom. The van der Waals surface area contributed by atoms with Crippen LogP contribution in [0.5, 0.6) is 0 Å². The summed E-state index contributed by atoms with van der Waals surface area (Å²) in [6, 6.07) is 13.6. The monoisotopic (exact) mass is 290 g/mol. The second kappa shape index (κ2) is 4.66. The van der Waals surface area contributed by atoms with Gasteiger partial charge in [0.05, 0.1) is 5.56 Å². The van der Waals surface area contributed by atoms with Gasteiger partial charge in [0, 0.05) is 28.7 Å². The van der Waals surface area contributed by atoms with Crippen molar-refractivity contribution in [1.82, 2.24) is 9.97 Å². The molecule has 2 heterocycles. The lowest BCUT2D eigenvalue weighted by Crippen LogP contribution is -1.99. The third-order valence-corrected chi connectivity index (χ3v) is 3.54. The fraction of sp³-hybridized carbons (Fsp3) is 0. The molecule has 4 rings (SSSR count). The Labute approximate surface area is 124 Å². The number of aromatic carboxylic acids is 1. The summed E-state index contributed by atoms with van der Waals surface area (Å²) in [5.74, 6) is -0.577. The van der Waals surface area contributed by atoms with Crippen molar-refractivity contribution in [2.75, 3.05) is 0 Å². The summed E-state index contributed by atoms with van der Waals surface area (Å²) in [6.45, 7) is 0. The number of furan rings is 1. The molecule has 2 aromatic carbocycles. The average Bonchev–Trinajstić information content (AvgIpc) is 2.92. The van der Waals surface area contributed by atoms with Gasteiger partial charge in [0.2, 0.25) is 0 Å². The minimum absolute atomic E-state index is 0.0635. The molecule has 0 unspecified atom stereocenters. The molecule has 5 nitrogen and oxygen atoms in total. The van der Waals surface area contributed by atoms with Crippen LogP contribution in [0.1, 0.15) is 10.4 Å². The largest absolute Gasteiger partial charge is 0.478 e. The van der Waals surface area contributed by atoms with Gasteiger partial charge in [-0.1, -0.05) is 24.3 Å². The quantitative estimate of drug-likeness (QED) is 0.608. The molecule has 0 amide bonds. The van der Waals surface area contributed by atoms with E-state index in [1.54, 1.807) is 0 Å². The van der Waals surface area contributed by atoms with E-state index < -0.39 is 5.97 Å². The molecular formula is C17H10N2O3. The lowest BCUT2D eigenvalue weighted by Gasteiger charge is -2.00. The number of rotatable bonds is 2. The number of hydrogen-bond acceptors (Lipinski definition) is 4. The fourth-order valence-electron chi connectivity index (χ4n) is 2.45. The summed E-state index contributed by atoms with van der Waals surface area (Å²) in [4.78, 5) is 19.0. The fourth-order valence-corrected chi connectivity index (χ4v) is 2.45. The predicted molar refractivity (Wildman–Crippen MR) is 81.7 cm³/mol. The number of carbonyl (C=O) groups is 1. The van der Waals surface area contributed by atoms with Crippen LogP contribution >= 0.6 is 0 Å². The number of hydrogen-bond donors (Lipinski definition) is 1. The molecule has 22 heavy (non-hydrogen) atoms. The highest BCUT2D eigenvalue weighted by Gasteiger charge is 2.10. The first kappa shape index (κ1) is 12.5. The second-order valence-corrected chi connectivity index (χ2v) is 4.91. The van der Waals surface area contributed by atoms with E-state index in [0.29, 0.717) is 5.82 Å². The normalized spacial score (nSPS) is 11.1. The van der Waals surface area contributed by atoms with E-state index >= 15 is 0 Å². The molecule has 0 bridgehead atoms. The first-order valence-corrected chi connectivity index (χ1v) is 6.69. The standard InChI is InChI=1S/C17H10N2O3/c20-17(21)11-8-18-16(19-9-11)10-5-6-13-12-3-1-2-4-14(12)22-15(13)7-10/h1-9H,(H,20,21). The van der Waals surface area contributed by atoms with Crippen LogP contribution in [0.25, 0.3) is 33.3 Å². The highest BCUT2D eigenvalue weighted by Crippen LogP contribution is 2.30. The van der Waals surface area contributed by atoms with Gasteiger partial charge in [0.15, 0.2) is 5.82 Å². The van der Waals surface area contributed by atoms with E-state index in [0.717, 1.165) is 27.5 Å². The Bertz CT molecular complexity index is 1000. The van der Waals surface area contributed by atoms with Gasteiger partial charge in [-0.25, -0.2) is 14.8 Å². The molecule has 0 radical (unpaired) electrons. The van der Waals surface area contributed by atoms with Crippen molar-refractivity contribution in [3.63, 3.8) is 0 Å². The van der Waals surface area contributed by atoms with Gasteiger partial charge in [-0.15, -0.1) is 0 Å². The molecule has 0 saturated carbocycles. The number of para-hydroxylation sites is 1. The lowest BCUT2D eigenvalue weighted by atomic mass is 10.1. The smallest absolute Gasteiger partial charge is 0.338 e. The zero-order valence-electron chi connectivity index (χ0n) is 11.4. The maximum atomic E-state index is 10.8. The number of fused-ring (bicyclic) bond motifs is 3. The first-order chi connectivity index (χ1) is 10.7. The lowest BCUT2D eigenvalue weighted by molar-refractivity contribution is 0.0696. The summed E-state index contributed by atoms with van der Waals surface area (Å²) in [5, 5.41) is 11.0. The van der Waals surface area contributed by atoms with Crippen LogP contribution in [0.15, 0.2) is 59.3 Å². The Balaban J connectivity index is 1.85. The SMILES string of the molecule is O=C(O)c1cnc(-c2ccc3c(c2)oc2ccccc23)nc1. The summed E-state index contributed by atoms with van der Waals surface area (Å²) >= 11 is 0. The summed E-state index contributed by atoms with van der Waals surface area (Å²) < 4.78 is 5.83. The van der Waals surface area contributed by atoms with Crippen LogP contribution in [0.2, 0.25) is 0 Å². The van der Waals surface area contributed by atoms with Gasteiger partial charge < -0.3 is 9.52 Å². The molecule has 0 saturated heterocycles. The van der Waals surface area contributed by atoms with E-state index in [9.17, 15) is 4.79 Å². The topological polar surface area (TPSA) is 76.2 Å². The second-order valence-electron chi connectivity index (χ2n) is 4.91. The molecule has 0 aliphatic rings. The molecule has 0 atom stereocenters. The summed E-state index contributed by atoms with van der Waals surface area (Å²) in [5.41, 5.74) is 2.43. The molecule has 106 valence electrons. The van der Waals surface area contributed by atoms with Crippen LogP contribution in [0, 0.1) is 0 Å². The van der Waals surface area contributed by atoms with Gasteiger partial charge in [0.1, 0.15) is 11.2 Å². The molecule has 0 aliphatic carbocycles. The van der Waals surface area contributed by atoms with Crippen molar-refractivity contribution in [3.8, 4) is 11.4 Å². The number of nitrogens with zero attached hydrogens (tertiary/aromatic N) is 2.